The summed E-state index contributed by atoms with van der Waals surface area (Å²) in [7, 11) is 0. The highest BCUT2D eigenvalue weighted by atomic mass is 32.1. The molecule has 0 radical (unpaired) electrons. The van der Waals surface area contributed by atoms with Crippen molar-refractivity contribution < 1.29 is 13.9 Å². The van der Waals surface area contributed by atoms with Gasteiger partial charge in [-0.2, -0.15) is 0 Å². The van der Waals surface area contributed by atoms with E-state index in [-0.39, 0.29) is 11.7 Å². The number of ether oxygens (including phenoxy) is 1. The van der Waals surface area contributed by atoms with Crippen LogP contribution in [0, 0.1) is 19.7 Å². The van der Waals surface area contributed by atoms with E-state index in [1.54, 1.807) is 18.2 Å². The summed E-state index contributed by atoms with van der Waals surface area (Å²) in [6, 6.07) is 13.6. The van der Waals surface area contributed by atoms with E-state index in [1.807, 2.05) is 37.4 Å². The van der Waals surface area contributed by atoms with Gasteiger partial charge >= 0.3 is 0 Å². The van der Waals surface area contributed by atoms with Crippen LogP contribution >= 0.6 is 11.3 Å². The predicted molar refractivity (Wildman–Crippen MR) is 98.9 cm³/mol. The molecule has 0 saturated carbocycles. The van der Waals surface area contributed by atoms with Crippen LogP contribution in [0.5, 0.6) is 5.75 Å². The van der Waals surface area contributed by atoms with Crippen LogP contribution < -0.4 is 10.1 Å². The van der Waals surface area contributed by atoms with Gasteiger partial charge in [0, 0.05) is 11.3 Å². The summed E-state index contributed by atoms with van der Waals surface area (Å²) in [5.74, 6) is 0.206. The number of rotatable bonds is 5. The maximum Gasteiger partial charge on any atom is 0.265 e. The average molecular weight is 355 g/mol. The summed E-state index contributed by atoms with van der Waals surface area (Å²) < 4.78 is 19.0. The number of aryl methyl sites for hydroxylation is 1. The maximum absolute atomic E-state index is 13.2. The van der Waals surface area contributed by atoms with Gasteiger partial charge in [0.15, 0.2) is 0 Å². The van der Waals surface area contributed by atoms with Crippen molar-refractivity contribution >= 4 is 22.9 Å². The number of anilines is 1. The first-order valence-electron chi connectivity index (χ1n) is 7.86. The zero-order valence-electron chi connectivity index (χ0n) is 14.0. The molecule has 1 heterocycles. The quantitative estimate of drug-likeness (QED) is 0.671. The number of hydrogen-bond acceptors (Lipinski definition) is 3. The minimum Gasteiger partial charge on any atom is -0.489 e. The van der Waals surface area contributed by atoms with Crippen molar-refractivity contribution in [2.24, 2.45) is 0 Å². The van der Waals surface area contributed by atoms with Gasteiger partial charge in [0.25, 0.3) is 5.91 Å². The second-order valence-corrected chi connectivity index (χ2v) is 6.68. The molecule has 0 saturated heterocycles. The summed E-state index contributed by atoms with van der Waals surface area (Å²) in [5.41, 5.74) is 3.65. The lowest BCUT2D eigenvalue weighted by molar-refractivity contribution is 0.103. The van der Waals surface area contributed by atoms with Gasteiger partial charge in [0.05, 0.1) is 4.88 Å². The first kappa shape index (κ1) is 17.2. The van der Waals surface area contributed by atoms with Crippen molar-refractivity contribution in [3.63, 3.8) is 0 Å². The number of nitrogens with one attached hydrogen (secondary N) is 1. The zero-order valence-corrected chi connectivity index (χ0v) is 14.8. The Morgan fingerprint density at radius 3 is 2.76 bits per heavy atom. The summed E-state index contributed by atoms with van der Waals surface area (Å²) in [6.07, 6.45) is 0. The maximum atomic E-state index is 13.2. The molecule has 3 nitrogen and oxygen atoms in total. The van der Waals surface area contributed by atoms with Crippen LogP contribution in [0.2, 0.25) is 0 Å². The third-order valence-electron chi connectivity index (χ3n) is 3.91. The molecule has 0 aliphatic heterocycles. The number of halogens is 1. The lowest BCUT2D eigenvalue weighted by Crippen LogP contribution is -2.10. The summed E-state index contributed by atoms with van der Waals surface area (Å²) in [5, 5.41) is 4.59. The van der Waals surface area contributed by atoms with Crippen molar-refractivity contribution in [1.82, 2.24) is 0 Å². The van der Waals surface area contributed by atoms with Crippen molar-refractivity contribution in [2.75, 3.05) is 5.32 Å². The molecular formula is C20H18FNO2S. The largest absolute Gasteiger partial charge is 0.489 e. The Morgan fingerprint density at radius 1 is 1.16 bits per heavy atom. The van der Waals surface area contributed by atoms with Gasteiger partial charge in [-0.3, -0.25) is 4.79 Å². The molecule has 0 aliphatic rings. The molecule has 3 rings (SSSR count). The standard InChI is InChI=1S/C20H18FNO2S/c1-13-5-3-8-18(14(13)2)24-11-15-9-19(25-12-15)20(23)22-17-7-4-6-16(21)10-17/h3-10,12H,11H2,1-2H3,(H,22,23). The van der Waals surface area contributed by atoms with E-state index < -0.39 is 0 Å². The van der Waals surface area contributed by atoms with Crippen molar-refractivity contribution in [3.05, 3.63) is 81.3 Å². The highest BCUT2D eigenvalue weighted by Gasteiger charge is 2.11. The first-order valence-corrected chi connectivity index (χ1v) is 8.74. The van der Waals surface area contributed by atoms with E-state index in [2.05, 4.69) is 5.32 Å². The Hall–Kier alpha value is -2.66. The molecule has 0 atom stereocenters. The van der Waals surface area contributed by atoms with E-state index in [0.29, 0.717) is 17.2 Å². The van der Waals surface area contributed by atoms with Gasteiger partial charge in [-0.05, 0) is 60.7 Å². The Balaban J connectivity index is 1.64. The summed E-state index contributed by atoms with van der Waals surface area (Å²) in [4.78, 5) is 12.8. The van der Waals surface area contributed by atoms with Crippen LogP contribution in [0.4, 0.5) is 10.1 Å². The first-order chi connectivity index (χ1) is 12.0. The van der Waals surface area contributed by atoms with Crippen LogP contribution in [0.25, 0.3) is 0 Å². The Morgan fingerprint density at radius 2 is 1.96 bits per heavy atom. The molecule has 3 aromatic rings. The lowest BCUT2D eigenvalue weighted by Gasteiger charge is -2.09. The van der Waals surface area contributed by atoms with E-state index in [9.17, 15) is 9.18 Å². The second-order valence-electron chi connectivity index (χ2n) is 5.77. The van der Waals surface area contributed by atoms with Gasteiger partial charge in [0.1, 0.15) is 18.2 Å². The van der Waals surface area contributed by atoms with E-state index in [1.165, 1.54) is 29.0 Å². The van der Waals surface area contributed by atoms with E-state index in [4.69, 9.17) is 4.74 Å². The molecular weight excluding hydrogens is 337 g/mol. The number of carbonyl (C=O) groups is 1. The minimum absolute atomic E-state index is 0.256. The normalized spacial score (nSPS) is 10.5. The van der Waals surface area contributed by atoms with Crippen LogP contribution in [-0.2, 0) is 6.61 Å². The number of hydrogen-bond donors (Lipinski definition) is 1. The average Bonchev–Trinajstić information content (AvgIpc) is 3.05. The smallest absolute Gasteiger partial charge is 0.265 e. The second kappa shape index (κ2) is 7.49. The van der Waals surface area contributed by atoms with Gasteiger partial charge in [0.2, 0.25) is 0 Å². The number of benzene rings is 2. The predicted octanol–water partition coefficient (Wildman–Crippen LogP) is 5.34. The van der Waals surface area contributed by atoms with E-state index >= 15 is 0 Å². The summed E-state index contributed by atoms with van der Waals surface area (Å²) in [6.45, 7) is 4.46. The number of amides is 1. The van der Waals surface area contributed by atoms with Crippen LogP contribution in [0.3, 0.4) is 0 Å². The molecule has 1 aromatic heterocycles. The van der Waals surface area contributed by atoms with Crippen LogP contribution in [0.15, 0.2) is 53.9 Å². The van der Waals surface area contributed by atoms with Crippen molar-refractivity contribution in [1.29, 1.82) is 0 Å². The molecule has 25 heavy (non-hydrogen) atoms. The monoisotopic (exact) mass is 355 g/mol. The van der Waals surface area contributed by atoms with Crippen LogP contribution in [0.1, 0.15) is 26.4 Å². The van der Waals surface area contributed by atoms with Crippen molar-refractivity contribution in [3.8, 4) is 5.75 Å². The van der Waals surface area contributed by atoms with E-state index in [0.717, 1.165) is 16.9 Å². The highest BCUT2D eigenvalue weighted by molar-refractivity contribution is 7.12. The Labute approximate surface area is 150 Å². The number of carbonyl (C=O) groups excluding carboxylic acids is 1. The lowest BCUT2D eigenvalue weighted by atomic mass is 10.1. The van der Waals surface area contributed by atoms with Gasteiger partial charge < -0.3 is 10.1 Å². The molecule has 2 aromatic carbocycles. The molecule has 0 bridgehead atoms. The summed E-state index contributed by atoms with van der Waals surface area (Å²) >= 11 is 1.34. The zero-order chi connectivity index (χ0) is 17.8. The third-order valence-corrected chi connectivity index (χ3v) is 4.89. The molecule has 0 aliphatic carbocycles. The molecule has 5 heteroatoms. The Bertz CT molecular complexity index is 904. The fourth-order valence-corrected chi connectivity index (χ4v) is 3.16. The SMILES string of the molecule is Cc1cccc(OCc2csc(C(=O)Nc3cccc(F)c3)c2)c1C. The van der Waals surface area contributed by atoms with Crippen LogP contribution in [-0.4, -0.2) is 5.91 Å². The molecule has 1 N–H and O–H groups in total. The van der Waals surface area contributed by atoms with Crippen molar-refractivity contribution in [2.45, 2.75) is 20.5 Å². The molecule has 0 unspecified atom stereocenters. The van der Waals surface area contributed by atoms with Gasteiger partial charge in [-0.25, -0.2) is 4.39 Å². The van der Waals surface area contributed by atoms with Gasteiger partial charge in [-0.1, -0.05) is 18.2 Å². The highest BCUT2D eigenvalue weighted by Crippen LogP contribution is 2.23. The topological polar surface area (TPSA) is 38.3 Å². The molecule has 0 fully saturated rings. The fourth-order valence-electron chi connectivity index (χ4n) is 2.37. The third kappa shape index (κ3) is 4.25. The number of thiophene rings is 1. The molecule has 0 spiro atoms. The molecule has 1 amide bonds. The molecule has 128 valence electrons. The fraction of sp³-hybridized carbons (Fsp3) is 0.150. The van der Waals surface area contributed by atoms with Gasteiger partial charge in [-0.15, -0.1) is 11.3 Å². The minimum atomic E-state index is -0.383. The Kier molecular flexibility index (Phi) is 5.14.